The molecule has 0 aliphatic carbocycles. The van der Waals surface area contributed by atoms with Gasteiger partial charge in [-0.3, -0.25) is 37.0 Å². The van der Waals surface area contributed by atoms with E-state index in [4.69, 9.17) is 39.0 Å². The van der Waals surface area contributed by atoms with Crippen LogP contribution in [-0.2, 0) is 36.7 Å². The van der Waals surface area contributed by atoms with Gasteiger partial charge < -0.3 is 30.7 Å². The van der Waals surface area contributed by atoms with Crippen LogP contribution in [0.3, 0.4) is 0 Å². The van der Waals surface area contributed by atoms with Crippen molar-refractivity contribution in [3.05, 3.63) is 29.3 Å². The zero-order chi connectivity index (χ0) is 31.8. The summed E-state index contributed by atoms with van der Waals surface area (Å²) in [5.74, 6) is -0.356. The van der Waals surface area contributed by atoms with E-state index in [1.54, 1.807) is 0 Å². The summed E-state index contributed by atoms with van der Waals surface area (Å²) in [6.07, 6.45) is -11.9. The number of halogens is 2. The molecule has 242 valence electrons. The van der Waals surface area contributed by atoms with Crippen molar-refractivity contribution in [2.45, 2.75) is 49.2 Å². The second kappa shape index (κ2) is 10.8. The highest BCUT2D eigenvalue weighted by atomic mass is 31.2. The van der Waals surface area contributed by atoms with E-state index >= 15 is 8.78 Å². The molecule has 25 heteroatoms. The summed E-state index contributed by atoms with van der Waals surface area (Å²) >= 11 is 0. The first-order valence-corrected chi connectivity index (χ1v) is 15.9. The molecule has 7 N–H and O–H groups in total. The molecule has 7 rings (SSSR count). The molecule has 45 heavy (non-hydrogen) atoms. The maximum absolute atomic E-state index is 15.8. The van der Waals surface area contributed by atoms with Crippen molar-refractivity contribution in [1.29, 1.82) is 0 Å². The van der Waals surface area contributed by atoms with Crippen LogP contribution in [0.4, 0.5) is 20.5 Å². The first-order chi connectivity index (χ1) is 21.3. The number of fused-ring (bicyclic) bond motifs is 6. The lowest BCUT2D eigenvalue weighted by Gasteiger charge is -2.24. The van der Waals surface area contributed by atoms with Crippen molar-refractivity contribution < 1.29 is 55.3 Å². The minimum Gasteiger partial charge on any atom is -0.382 e. The van der Waals surface area contributed by atoms with Gasteiger partial charge in [0.15, 0.2) is 47.4 Å². The van der Waals surface area contributed by atoms with E-state index in [-0.39, 0.29) is 34.1 Å². The number of hydrogen-bond acceptors (Lipinski definition) is 16. The van der Waals surface area contributed by atoms with Gasteiger partial charge in [-0.1, -0.05) is 0 Å². The molecule has 4 aromatic rings. The Labute approximate surface area is 247 Å². The van der Waals surface area contributed by atoms with E-state index in [2.05, 4.69) is 29.9 Å². The Morgan fingerprint density at radius 2 is 1.38 bits per heavy atom. The number of nitrogens with one attached hydrogen (secondary N) is 1. The second-order valence-corrected chi connectivity index (χ2v) is 12.9. The van der Waals surface area contributed by atoms with Gasteiger partial charge in [0.2, 0.25) is 5.95 Å². The molecule has 3 aliphatic rings. The molecule has 2 unspecified atom stereocenters. The Hall–Kier alpha value is -3.50. The zero-order valence-electron chi connectivity index (χ0n) is 22.3. The largest absolute Gasteiger partial charge is 0.472 e. The lowest BCUT2D eigenvalue weighted by Crippen LogP contribution is -2.35. The molecule has 0 spiro atoms. The van der Waals surface area contributed by atoms with Crippen molar-refractivity contribution >= 4 is 49.7 Å². The van der Waals surface area contributed by atoms with Gasteiger partial charge in [-0.25, -0.2) is 37.8 Å². The molecule has 4 bridgehead atoms. The number of phosphoric ester groups is 2. The van der Waals surface area contributed by atoms with E-state index in [9.17, 15) is 23.7 Å². The van der Waals surface area contributed by atoms with E-state index in [0.29, 0.717) is 0 Å². The summed E-state index contributed by atoms with van der Waals surface area (Å²) in [4.78, 5) is 55.3. The average molecular weight is 678 g/mol. The first-order valence-electron chi connectivity index (χ1n) is 12.9. The van der Waals surface area contributed by atoms with Gasteiger partial charge >= 0.3 is 15.6 Å². The minimum absolute atomic E-state index is 0.0253. The molecule has 3 saturated heterocycles. The number of alkyl halides is 2. The smallest absolute Gasteiger partial charge is 0.382 e. The summed E-state index contributed by atoms with van der Waals surface area (Å²) < 4.78 is 91.4. The number of nitrogen functional groups attached to an aromatic ring is 2. The molecular weight excluding hydrogens is 656 g/mol. The number of phosphoric acid groups is 2. The van der Waals surface area contributed by atoms with Crippen LogP contribution in [0, 0.1) is 0 Å². The summed E-state index contributed by atoms with van der Waals surface area (Å²) in [5.41, 5.74) is 10.4. The topological polar surface area (TPSA) is 289 Å². The molecule has 3 fully saturated rings. The number of nitrogens with two attached hydrogens (primary N) is 2. The summed E-state index contributed by atoms with van der Waals surface area (Å²) in [6.45, 7) is -1.98. The number of aromatic nitrogens is 8. The van der Waals surface area contributed by atoms with Crippen molar-refractivity contribution in [3.63, 3.8) is 0 Å². The fourth-order valence-corrected chi connectivity index (χ4v) is 7.07. The Balaban J connectivity index is 1.23. The van der Waals surface area contributed by atoms with E-state index in [1.807, 2.05) is 0 Å². The standard InChI is InChI=1S/C20H22F2N10O11P2/c21-8-6-1-38-45(36,37)43-13-9(22)7(41-19(13)32-5-28-11-16(32)29-20(24)30-17(11)33)2-39-44(34,35)42-12(8)18(40-6)31-4-27-10-14(23)25-3-26-15(10)31/h3-9,12-13,18-19H,1-2H2,(H,34,35)(H,36,37)(H2,23,25,26)(H3,24,29,30,33)/t6-,7-,8+,9-,12-,13-,18-,19-/m1/s1. The molecule has 0 radical (unpaired) electrons. The van der Waals surface area contributed by atoms with Gasteiger partial charge in [-0.15, -0.1) is 0 Å². The van der Waals surface area contributed by atoms with Gasteiger partial charge in [0.05, 0.1) is 25.9 Å². The van der Waals surface area contributed by atoms with Crippen LogP contribution < -0.4 is 17.0 Å². The lowest BCUT2D eigenvalue weighted by atomic mass is 10.1. The predicted octanol–water partition coefficient (Wildman–Crippen LogP) is -0.387. The Morgan fingerprint density at radius 3 is 1.96 bits per heavy atom. The van der Waals surface area contributed by atoms with Crippen LogP contribution in [0.5, 0.6) is 0 Å². The van der Waals surface area contributed by atoms with E-state index < -0.39 is 83.6 Å². The van der Waals surface area contributed by atoms with Crippen LogP contribution in [0.2, 0.25) is 0 Å². The average Bonchev–Trinajstić information content (AvgIpc) is 3.72. The number of H-pyrrole nitrogens is 1. The number of nitrogens with zero attached hydrogens (tertiary/aromatic N) is 7. The second-order valence-electron chi connectivity index (χ2n) is 10.0. The van der Waals surface area contributed by atoms with Crippen molar-refractivity contribution in [2.24, 2.45) is 0 Å². The predicted molar refractivity (Wildman–Crippen MR) is 141 cm³/mol. The lowest BCUT2D eigenvalue weighted by molar-refractivity contribution is -0.0671. The molecule has 7 heterocycles. The molecule has 0 amide bonds. The highest BCUT2D eigenvalue weighted by Gasteiger charge is 2.55. The van der Waals surface area contributed by atoms with Crippen LogP contribution in [-0.4, -0.2) is 98.8 Å². The number of ether oxygens (including phenoxy) is 2. The van der Waals surface area contributed by atoms with Crippen molar-refractivity contribution in [2.75, 3.05) is 24.7 Å². The quantitative estimate of drug-likeness (QED) is 0.169. The van der Waals surface area contributed by atoms with Gasteiger partial charge in [0.1, 0.15) is 36.3 Å². The number of aromatic amines is 1. The third kappa shape index (κ3) is 5.29. The molecule has 0 aromatic carbocycles. The summed E-state index contributed by atoms with van der Waals surface area (Å²) in [5, 5.41) is 0. The molecule has 4 aromatic heterocycles. The third-order valence-corrected chi connectivity index (χ3v) is 9.20. The van der Waals surface area contributed by atoms with Crippen molar-refractivity contribution in [1.82, 2.24) is 39.0 Å². The van der Waals surface area contributed by atoms with Crippen LogP contribution >= 0.6 is 15.6 Å². The monoisotopic (exact) mass is 678 g/mol. The third-order valence-electron chi connectivity index (χ3n) is 7.23. The number of imidazole rings is 2. The molecule has 0 saturated carbocycles. The highest BCUT2D eigenvalue weighted by molar-refractivity contribution is 7.47. The first kappa shape index (κ1) is 30.2. The maximum atomic E-state index is 15.8. The Morgan fingerprint density at radius 1 is 0.844 bits per heavy atom. The maximum Gasteiger partial charge on any atom is 0.472 e. The highest BCUT2D eigenvalue weighted by Crippen LogP contribution is 2.54. The van der Waals surface area contributed by atoms with E-state index in [0.717, 1.165) is 28.1 Å². The molecule has 3 aliphatic heterocycles. The SMILES string of the molecule is Nc1nc2c(ncn2[C@@H]2O[C@@H]3COP(=O)(O)O[C@@H]4[C@@H](F)[C@@H](COP(=O)(O)O[C@@H]2[C@@H]3F)O[C@H]4n2cnc3c(N)ncnc32)c(=O)[nH]1. The number of anilines is 2. The molecule has 10 atom stereocenters. The Bertz CT molecular complexity index is 1940. The zero-order valence-corrected chi connectivity index (χ0v) is 24.1. The van der Waals surface area contributed by atoms with Crippen LogP contribution in [0.1, 0.15) is 12.5 Å². The number of hydrogen-bond donors (Lipinski definition) is 5. The van der Waals surface area contributed by atoms with Gasteiger partial charge in [-0.2, -0.15) is 4.98 Å². The molecule has 21 nitrogen and oxygen atoms in total. The normalized spacial score (nSPS) is 37.7. The molecular formula is C20H22F2N10O11P2. The van der Waals surface area contributed by atoms with Crippen LogP contribution in [0.15, 0.2) is 23.8 Å². The summed E-state index contributed by atoms with van der Waals surface area (Å²) in [7, 11) is -10.4. The minimum atomic E-state index is -5.23. The number of rotatable bonds is 2. The fourth-order valence-electron chi connectivity index (χ4n) is 5.22. The van der Waals surface area contributed by atoms with E-state index in [1.165, 1.54) is 0 Å². The van der Waals surface area contributed by atoms with Gasteiger partial charge in [-0.05, 0) is 0 Å². The summed E-state index contributed by atoms with van der Waals surface area (Å²) in [6, 6.07) is 0. The fraction of sp³-hybridized carbons (Fsp3) is 0.500. The van der Waals surface area contributed by atoms with Gasteiger partial charge in [0.25, 0.3) is 5.56 Å². The van der Waals surface area contributed by atoms with Gasteiger partial charge in [0, 0.05) is 0 Å². The van der Waals surface area contributed by atoms with Crippen LogP contribution in [0.25, 0.3) is 22.3 Å². The Kier molecular flexibility index (Phi) is 7.24. The van der Waals surface area contributed by atoms with Crippen molar-refractivity contribution in [3.8, 4) is 0 Å².